The first-order valence-corrected chi connectivity index (χ1v) is 11.0. The van der Waals surface area contributed by atoms with Crippen LogP contribution in [0.15, 0.2) is 78.0 Å². The van der Waals surface area contributed by atoms with Gasteiger partial charge in [-0.15, -0.1) is 11.8 Å². The van der Waals surface area contributed by atoms with E-state index in [9.17, 15) is 9.59 Å². The van der Waals surface area contributed by atoms with E-state index in [0.717, 1.165) is 21.9 Å². The molecule has 3 amide bonds. The van der Waals surface area contributed by atoms with E-state index in [4.69, 9.17) is 0 Å². The number of pyridine rings is 1. The van der Waals surface area contributed by atoms with Crippen LogP contribution < -0.4 is 16.0 Å². The molecule has 0 saturated carbocycles. The summed E-state index contributed by atoms with van der Waals surface area (Å²) in [7, 11) is 0. The quantitative estimate of drug-likeness (QED) is 0.443. The Morgan fingerprint density at radius 2 is 1.71 bits per heavy atom. The smallest absolute Gasteiger partial charge is 0.315 e. The molecule has 1 aromatic heterocycles. The summed E-state index contributed by atoms with van der Waals surface area (Å²) in [5, 5.41) is 8.47. The van der Waals surface area contributed by atoms with Crippen molar-refractivity contribution in [3.05, 3.63) is 89.7 Å². The Hall–Kier alpha value is -3.32. The molecule has 0 saturated heterocycles. The Kier molecular flexibility index (Phi) is 8.06. The van der Waals surface area contributed by atoms with Gasteiger partial charge in [0, 0.05) is 46.9 Å². The summed E-state index contributed by atoms with van der Waals surface area (Å²) < 4.78 is 0. The molecule has 3 aromatic rings. The van der Waals surface area contributed by atoms with E-state index in [-0.39, 0.29) is 18.0 Å². The van der Waals surface area contributed by atoms with Crippen LogP contribution in [-0.2, 0) is 12.3 Å². The van der Waals surface area contributed by atoms with Crippen LogP contribution in [0.5, 0.6) is 0 Å². The zero-order valence-corrected chi connectivity index (χ0v) is 18.4. The standard InChI is InChI=1S/C24H26N4O2S/c1-17(2)27-24(30)26-15-18-5-7-20(8-6-18)23(29)28-21-9-11-22(12-10-21)31-16-19-4-3-13-25-14-19/h3-14,17H,15-16H2,1-2H3,(H,28,29)(H2,26,27,30). The summed E-state index contributed by atoms with van der Waals surface area (Å²) in [5.41, 5.74) is 3.40. The highest BCUT2D eigenvalue weighted by Gasteiger charge is 2.07. The third-order valence-corrected chi connectivity index (χ3v) is 5.41. The molecule has 31 heavy (non-hydrogen) atoms. The van der Waals surface area contributed by atoms with Gasteiger partial charge >= 0.3 is 6.03 Å². The monoisotopic (exact) mass is 434 g/mol. The Morgan fingerprint density at radius 1 is 0.968 bits per heavy atom. The van der Waals surface area contributed by atoms with Crippen molar-refractivity contribution in [3.63, 3.8) is 0 Å². The summed E-state index contributed by atoms with van der Waals surface area (Å²) in [6.07, 6.45) is 3.63. The highest BCUT2D eigenvalue weighted by Crippen LogP contribution is 2.24. The molecule has 0 fully saturated rings. The molecule has 3 N–H and O–H groups in total. The van der Waals surface area contributed by atoms with Crippen molar-refractivity contribution in [1.29, 1.82) is 0 Å². The lowest BCUT2D eigenvalue weighted by Gasteiger charge is -2.10. The van der Waals surface area contributed by atoms with Crippen LogP contribution in [0.4, 0.5) is 10.5 Å². The zero-order valence-electron chi connectivity index (χ0n) is 17.6. The average Bonchev–Trinajstić information content (AvgIpc) is 2.78. The molecule has 3 rings (SSSR count). The molecule has 0 atom stereocenters. The normalized spacial score (nSPS) is 10.5. The van der Waals surface area contributed by atoms with E-state index in [2.05, 4.69) is 27.0 Å². The number of anilines is 1. The van der Waals surface area contributed by atoms with Crippen molar-refractivity contribution in [2.45, 2.75) is 37.1 Å². The number of benzene rings is 2. The molecule has 0 spiro atoms. The Balaban J connectivity index is 1.48. The largest absolute Gasteiger partial charge is 0.336 e. The van der Waals surface area contributed by atoms with Gasteiger partial charge in [-0.1, -0.05) is 18.2 Å². The summed E-state index contributed by atoms with van der Waals surface area (Å²) in [4.78, 5) is 29.4. The highest BCUT2D eigenvalue weighted by molar-refractivity contribution is 7.98. The van der Waals surface area contributed by atoms with Crippen LogP contribution in [-0.4, -0.2) is 23.0 Å². The summed E-state index contributed by atoms with van der Waals surface area (Å²) in [5.74, 6) is 0.674. The second-order valence-corrected chi connectivity index (χ2v) is 8.36. The lowest BCUT2D eigenvalue weighted by molar-refractivity contribution is 0.102. The van der Waals surface area contributed by atoms with Gasteiger partial charge in [-0.05, 0) is 67.4 Å². The molecule has 7 heteroatoms. The number of hydrogen-bond acceptors (Lipinski definition) is 4. The molecule has 1 heterocycles. The second kappa shape index (κ2) is 11.2. The van der Waals surface area contributed by atoms with E-state index in [0.29, 0.717) is 12.1 Å². The fraction of sp³-hybridized carbons (Fsp3) is 0.208. The summed E-state index contributed by atoms with van der Waals surface area (Å²) >= 11 is 1.72. The molecule has 2 aromatic carbocycles. The topological polar surface area (TPSA) is 83.1 Å². The molecule has 0 aliphatic rings. The van der Waals surface area contributed by atoms with Crippen molar-refractivity contribution in [2.75, 3.05) is 5.32 Å². The first-order chi connectivity index (χ1) is 15.0. The predicted octanol–water partition coefficient (Wildman–Crippen LogP) is 4.83. The molecule has 160 valence electrons. The highest BCUT2D eigenvalue weighted by atomic mass is 32.2. The van der Waals surface area contributed by atoms with E-state index < -0.39 is 0 Å². The molecule has 6 nitrogen and oxygen atoms in total. The molecular formula is C24H26N4O2S. The molecular weight excluding hydrogens is 408 g/mol. The van der Waals surface area contributed by atoms with Crippen LogP contribution >= 0.6 is 11.8 Å². The number of aromatic nitrogens is 1. The van der Waals surface area contributed by atoms with Crippen molar-refractivity contribution >= 4 is 29.4 Å². The molecule has 0 bridgehead atoms. The van der Waals surface area contributed by atoms with Gasteiger partial charge in [-0.25, -0.2) is 4.79 Å². The predicted molar refractivity (Wildman–Crippen MR) is 125 cm³/mol. The van der Waals surface area contributed by atoms with Crippen LogP contribution in [0.3, 0.4) is 0 Å². The zero-order chi connectivity index (χ0) is 22.1. The van der Waals surface area contributed by atoms with E-state index in [1.165, 1.54) is 5.56 Å². The van der Waals surface area contributed by atoms with Crippen molar-refractivity contribution < 1.29 is 9.59 Å². The van der Waals surface area contributed by atoms with Crippen LogP contribution in [0.1, 0.15) is 35.3 Å². The van der Waals surface area contributed by atoms with Gasteiger partial charge < -0.3 is 16.0 Å². The summed E-state index contributed by atoms with van der Waals surface area (Å²) in [6.45, 7) is 4.21. The number of carbonyl (C=O) groups is 2. The number of nitrogens with zero attached hydrogens (tertiary/aromatic N) is 1. The number of nitrogens with one attached hydrogen (secondary N) is 3. The Labute approximate surface area is 186 Å². The van der Waals surface area contributed by atoms with Crippen LogP contribution in [0.2, 0.25) is 0 Å². The van der Waals surface area contributed by atoms with E-state index in [1.54, 1.807) is 30.1 Å². The first-order valence-electron chi connectivity index (χ1n) is 10.1. The van der Waals surface area contributed by atoms with Gasteiger partial charge in [0.15, 0.2) is 0 Å². The van der Waals surface area contributed by atoms with Gasteiger partial charge in [-0.2, -0.15) is 0 Å². The minimum absolute atomic E-state index is 0.0832. The Morgan fingerprint density at radius 3 is 2.35 bits per heavy atom. The molecule has 0 aliphatic heterocycles. The van der Waals surface area contributed by atoms with Crippen LogP contribution in [0, 0.1) is 0 Å². The number of rotatable bonds is 8. The first kappa shape index (κ1) is 22.4. The van der Waals surface area contributed by atoms with Gasteiger partial charge in [0.1, 0.15) is 0 Å². The van der Waals surface area contributed by atoms with Gasteiger partial charge in [0.25, 0.3) is 5.91 Å². The molecule has 0 unspecified atom stereocenters. The fourth-order valence-corrected chi connectivity index (χ4v) is 3.59. The van der Waals surface area contributed by atoms with E-state index in [1.807, 2.05) is 62.5 Å². The number of thioether (sulfide) groups is 1. The average molecular weight is 435 g/mol. The maximum atomic E-state index is 12.5. The van der Waals surface area contributed by atoms with Crippen molar-refractivity contribution in [1.82, 2.24) is 15.6 Å². The molecule has 0 aliphatic carbocycles. The lowest BCUT2D eigenvalue weighted by Crippen LogP contribution is -2.39. The van der Waals surface area contributed by atoms with Crippen LogP contribution in [0.25, 0.3) is 0 Å². The second-order valence-electron chi connectivity index (χ2n) is 7.31. The summed E-state index contributed by atoms with van der Waals surface area (Å²) in [6, 6.07) is 18.8. The number of hydrogen-bond donors (Lipinski definition) is 3. The fourth-order valence-electron chi connectivity index (χ4n) is 2.76. The number of carbonyl (C=O) groups excluding carboxylic acids is 2. The maximum absolute atomic E-state index is 12.5. The lowest BCUT2D eigenvalue weighted by atomic mass is 10.1. The minimum atomic E-state index is -0.209. The van der Waals surface area contributed by atoms with Gasteiger partial charge in [-0.3, -0.25) is 9.78 Å². The third-order valence-electron chi connectivity index (χ3n) is 4.33. The molecule has 0 radical (unpaired) electrons. The Bertz CT molecular complexity index is 990. The third kappa shape index (κ3) is 7.46. The number of amides is 3. The van der Waals surface area contributed by atoms with Crippen molar-refractivity contribution in [2.24, 2.45) is 0 Å². The van der Waals surface area contributed by atoms with Gasteiger partial charge in [0.05, 0.1) is 0 Å². The van der Waals surface area contributed by atoms with Gasteiger partial charge in [0.2, 0.25) is 0 Å². The van der Waals surface area contributed by atoms with E-state index >= 15 is 0 Å². The SMILES string of the molecule is CC(C)NC(=O)NCc1ccc(C(=O)Nc2ccc(SCc3cccnc3)cc2)cc1. The maximum Gasteiger partial charge on any atom is 0.315 e. The van der Waals surface area contributed by atoms with Crippen molar-refractivity contribution in [3.8, 4) is 0 Å². The minimum Gasteiger partial charge on any atom is -0.336 e. The number of urea groups is 1.